The van der Waals surface area contributed by atoms with Crippen LogP contribution >= 0.6 is 0 Å². The first-order valence-electron chi connectivity index (χ1n) is 17.6. The molecule has 0 radical (unpaired) electrons. The van der Waals surface area contributed by atoms with Crippen LogP contribution in [-0.2, 0) is 0 Å². The lowest BCUT2D eigenvalue weighted by Crippen LogP contribution is -2.21. The molecule has 1 aliphatic heterocycles. The molecule has 52 heavy (non-hydrogen) atoms. The number of benzene rings is 8. The standard InChI is InChI=1S/C49H32N2O/c1-31-47(35-15-3-2-4-16-35)50-49(36-27-25-34(26-28-36)38-22-11-17-32-13-5-7-19-37(32)38)51-48(31)46-41(40-23-12-18-33-14-6-8-20-39(33)40)29-30-44-45(46)42-21-9-10-24-43(42)52-44/h2-30,47H,1H2. The second-order valence-electron chi connectivity index (χ2n) is 13.3. The predicted molar refractivity (Wildman–Crippen MR) is 217 cm³/mol. The molecule has 0 fully saturated rings. The van der Waals surface area contributed by atoms with Crippen LogP contribution in [-0.4, -0.2) is 11.5 Å². The molecule has 3 nitrogen and oxygen atoms in total. The van der Waals surface area contributed by atoms with Crippen LogP contribution in [0, 0.1) is 0 Å². The zero-order valence-electron chi connectivity index (χ0n) is 28.3. The average molecular weight is 665 g/mol. The molecule has 2 heterocycles. The van der Waals surface area contributed by atoms with E-state index in [1.54, 1.807) is 0 Å². The molecule has 1 aromatic heterocycles. The van der Waals surface area contributed by atoms with Gasteiger partial charge in [0.1, 0.15) is 17.2 Å². The Labute approximate surface area is 301 Å². The highest BCUT2D eigenvalue weighted by Crippen LogP contribution is 2.43. The van der Waals surface area contributed by atoms with Crippen LogP contribution in [0.2, 0.25) is 0 Å². The summed E-state index contributed by atoms with van der Waals surface area (Å²) in [7, 11) is 0. The lowest BCUT2D eigenvalue weighted by molar-refractivity contribution is 0.669. The van der Waals surface area contributed by atoms with Crippen LogP contribution in [0.3, 0.4) is 0 Å². The van der Waals surface area contributed by atoms with Crippen LogP contribution < -0.4 is 0 Å². The van der Waals surface area contributed by atoms with Gasteiger partial charge >= 0.3 is 0 Å². The molecular weight excluding hydrogens is 633 g/mol. The Morgan fingerprint density at radius 3 is 1.81 bits per heavy atom. The number of fused-ring (bicyclic) bond motifs is 5. The van der Waals surface area contributed by atoms with Crippen molar-refractivity contribution < 1.29 is 4.42 Å². The Balaban J connectivity index is 1.21. The van der Waals surface area contributed by atoms with Crippen molar-refractivity contribution in [2.75, 3.05) is 0 Å². The Bertz CT molecular complexity index is 2900. The van der Waals surface area contributed by atoms with Crippen molar-refractivity contribution in [1.29, 1.82) is 0 Å². The van der Waals surface area contributed by atoms with Gasteiger partial charge in [0.05, 0.1) is 5.71 Å². The molecule has 9 aromatic rings. The van der Waals surface area contributed by atoms with E-state index in [0.717, 1.165) is 66.6 Å². The molecule has 0 saturated carbocycles. The van der Waals surface area contributed by atoms with E-state index < -0.39 is 0 Å². The minimum atomic E-state index is -0.324. The van der Waals surface area contributed by atoms with Crippen molar-refractivity contribution >= 4 is 55.0 Å². The normalized spacial score (nSPS) is 14.6. The summed E-state index contributed by atoms with van der Waals surface area (Å²) in [6.07, 6.45) is 0. The number of aliphatic imine (C=N–C) groups is 2. The van der Waals surface area contributed by atoms with Crippen LogP contribution in [0.15, 0.2) is 202 Å². The highest BCUT2D eigenvalue weighted by Gasteiger charge is 2.30. The zero-order chi connectivity index (χ0) is 34.6. The first kappa shape index (κ1) is 30.0. The van der Waals surface area contributed by atoms with E-state index in [2.05, 4.69) is 158 Å². The number of amidine groups is 1. The molecule has 0 spiro atoms. The molecule has 0 aliphatic carbocycles. The van der Waals surface area contributed by atoms with Gasteiger partial charge in [-0.2, -0.15) is 0 Å². The second kappa shape index (κ2) is 12.2. The topological polar surface area (TPSA) is 37.9 Å². The van der Waals surface area contributed by atoms with Gasteiger partial charge < -0.3 is 4.42 Å². The van der Waals surface area contributed by atoms with Gasteiger partial charge in [0, 0.05) is 27.5 Å². The molecule has 244 valence electrons. The minimum Gasteiger partial charge on any atom is -0.456 e. The van der Waals surface area contributed by atoms with Gasteiger partial charge in [-0.05, 0) is 67.6 Å². The third kappa shape index (κ3) is 4.90. The fourth-order valence-corrected chi connectivity index (χ4v) is 7.83. The van der Waals surface area contributed by atoms with Crippen molar-refractivity contribution in [2.45, 2.75) is 6.04 Å². The van der Waals surface area contributed by atoms with Gasteiger partial charge in [-0.15, -0.1) is 0 Å². The number of para-hydroxylation sites is 1. The van der Waals surface area contributed by atoms with Crippen molar-refractivity contribution in [3.63, 3.8) is 0 Å². The van der Waals surface area contributed by atoms with Crippen LogP contribution in [0.5, 0.6) is 0 Å². The second-order valence-corrected chi connectivity index (χ2v) is 13.3. The van der Waals surface area contributed by atoms with Gasteiger partial charge in [-0.1, -0.05) is 164 Å². The summed E-state index contributed by atoms with van der Waals surface area (Å²) in [6, 6.07) is 61.3. The summed E-state index contributed by atoms with van der Waals surface area (Å²) in [4.78, 5) is 10.8. The predicted octanol–water partition coefficient (Wildman–Crippen LogP) is 12.8. The fourth-order valence-electron chi connectivity index (χ4n) is 7.83. The number of nitrogens with zero attached hydrogens (tertiary/aromatic N) is 2. The van der Waals surface area contributed by atoms with Crippen LogP contribution in [0.1, 0.15) is 22.7 Å². The molecular formula is C49H32N2O. The Morgan fingerprint density at radius 1 is 0.462 bits per heavy atom. The average Bonchev–Trinajstić information content (AvgIpc) is 3.60. The van der Waals surface area contributed by atoms with Gasteiger partial charge in [-0.25, -0.2) is 4.99 Å². The molecule has 10 rings (SSSR count). The molecule has 1 unspecified atom stereocenters. The van der Waals surface area contributed by atoms with Crippen LogP contribution in [0.4, 0.5) is 0 Å². The largest absolute Gasteiger partial charge is 0.456 e. The van der Waals surface area contributed by atoms with E-state index in [1.807, 2.05) is 18.2 Å². The highest BCUT2D eigenvalue weighted by molar-refractivity contribution is 6.31. The first-order chi connectivity index (χ1) is 25.7. The number of rotatable bonds is 5. The third-order valence-corrected chi connectivity index (χ3v) is 10.3. The van der Waals surface area contributed by atoms with Crippen molar-refractivity contribution in [3.8, 4) is 22.3 Å². The Kier molecular flexibility index (Phi) is 7.04. The van der Waals surface area contributed by atoms with Crippen LogP contribution in [0.25, 0.3) is 65.7 Å². The summed E-state index contributed by atoms with van der Waals surface area (Å²) in [5.41, 5.74) is 10.9. The molecule has 3 heteroatoms. The summed E-state index contributed by atoms with van der Waals surface area (Å²) in [5.74, 6) is 0.675. The Hall–Kier alpha value is -6.84. The fraction of sp³-hybridized carbons (Fsp3) is 0.0204. The SMILES string of the molecule is C=C1C(c2c(-c3cccc4ccccc34)ccc3oc4ccccc4c23)=NC(c2ccc(-c3cccc4ccccc34)cc2)=NC1c1ccccc1. The smallest absolute Gasteiger partial charge is 0.156 e. The maximum Gasteiger partial charge on any atom is 0.156 e. The third-order valence-electron chi connectivity index (χ3n) is 10.3. The summed E-state index contributed by atoms with van der Waals surface area (Å²) >= 11 is 0. The maximum atomic E-state index is 6.49. The molecule has 0 saturated heterocycles. The van der Waals surface area contributed by atoms with E-state index in [0.29, 0.717) is 5.84 Å². The van der Waals surface area contributed by atoms with Gasteiger partial charge in [-0.3, -0.25) is 4.99 Å². The minimum absolute atomic E-state index is 0.324. The van der Waals surface area contributed by atoms with Gasteiger partial charge in [0.15, 0.2) is 5.84 Å². The molecule has 0 N–H and O–H groups in total. The number of hydrogen-bond donors (Lipinski definition) is 0. The van der Waals surface area contributed by atoms with Crippen molar-refractivity contribution in [2.24, 2.45) is 9.98 Å². The van der Waals surface area contributed by atoms with E-state index in [4.69, 9.17) is 21.0 Å². The summed E-state index contributed by atoms with van der Waals surface area (Å²) in [6.45, 7) is 4.74. The molecule has 1 aliphatic rings. The maximum absolute atomic E-state index is 6.49. The lowest BCUT2D eigenvalue weighted by Gasteiger charge is -2.26. The lowest BCUT2D eigenvalue weighted by atomic mass is 9.84. The molecule has 8 aromatic carbocycles. The molecule has 0 bridgehead atoms. The zero-order valence-corrected chi connectivity index (χ0v) is 28.3. The van der Waals surface area contributed by atoms with E-state index in [-0.39, 0.29) is 6.04 Å². The molecule has 1 atom stereocenters. The first-order valence-corrected chi connectivity index (χ1v) is 17.6. The monoisotopic (exact) mass is 664 g/mol. The van der Waals surface area contributed by atoms with Crippen molar-refractivity contribution in [3.05, 3.63) is 205 Å². The van der Waals surface area contributed by atoms with E-state index >= 15 is 0 Å². The molecule has 0 amide bonds. The summed E-state index contributed by atoms with van der Waals surface area (Å²) < 4.78 is 6.49. The quantitative estimate of drug-likeness (QED) is 0.180. The van der Waals surface area contributed by atoms with Crippen molar-refractivity contribution in [1.82, 2.24) is 0 Å². The highest BCUT2D eigenvalue weighted by atomic mass is 16.3. The Morgan fingerprint density at radius 2 is 1.06 bits per heavy atom. The number of furan rings is 1. The van der Waals surface area contributed by atoms with E-state index in [1.165, 1.54) is 27.1 Å². The van der Waals surface area contributed by atoms with Gasteiger partial charge in [0.25, 0.3) is 0 Å². The van der Waals surface area contributed by atoms with E-state index in [9.17, 15) is 0 Å². The number of hydrogen-bond acceptors (Lipinski definition) is 3. The van der Waals surface area contributed by atoms with Gasteiger partial charge in [0.2, 0.25) is 0 Å². The summed E-state index contributed by atoms with van der Waals surface area (Å²) in [5, 5.41) is 6.89.